The van der Waals surface area contributed by atoms with E-state index in [1.54, 1.807) is 0 Å². The van der Waals surface area contributed by atoms with Crippen molar-refractivity contribution in [2.24, 2.45) is 4.36 Å². The SMILES string of the molecule is Cl.O=C(O)c1ccccc1N=S(=O)=O. The molecule has 0 spiro atoms. The first kappa shape index (κ1) is 12.6. The van der Waals surface area contributed by atoms with E-state index in [1.165, 1.54) is 24.3 Å². The monoisotopic (exact) mass is 235 g/mol. The van der Waals surface area contributed by atoms with E-state index in [0.29, 0.717) is 0 Å². The van der Waals surface area contributed by atoms with Crippen LogP contribution in [0.1, 0.15) is 10.4 Å². The largest absolute Gasteiger partial charge is 0.478 e. The highest BCUT2D eigenvalue weighted by Gasteiger charge is 2.07. The van der Waals surface area contributed by atoms with E-state index >= 15 is 0 Å². The second-order valence-corrected chi connectivity index (χ2v) is 2.75. The first-order valence-electron chi connectivity index (χ1n) is 3.24. The molecule has 0 saturated carbocycles. The highest BCUT2D eigenvalue weighted by atomic mass is 35.5. The highest BCUT2D eigenvalue weighted by Crippen LogP contribution is 2.17. The molecule has 0 aliphatic rings. The van der Waals surface area contributed by atoms with Crippen LogP contribution in [0.2, 0.25) is 0 Å². The number of benzene rings is 1. The van der Waals surface area contributed by atoms with Crippen LogP contribution >= 0.6 is 12.4 Å². The summed E-state index contributed by atoms with van der Waals surface area (Å²) < 4.78 is 23.5. The smallest absolute Gasteiger partial charge is 0.337 e. The van der Waals surface area contributed by atoms with Gasteiger partial charge >= 0.3 is 16.5 Å². The summed E-state index contributed by atoms with van der Waals surface area (Å²) >= 11 is 0. The summed E-state index contributed by atoms with van der Waals surface area (Å²) in [5.74, 6) is -1.20. The van der Waals surface area contributed by atoms with Crippen molar-refractivity contribution in [1.29, 1.82) is 0 Å². The molecule has 0 fully saturated rings. The molecule has 0 heterocycles. The van der Waals surface area contributed by atoms with Gasteiger partial charge in [-0.2, -0.15) is 8.42 Å². The van der Waals surface area contributed by atoms with Gasteiger partial charge in [0.05, 0.1) is 11.3 Å². The molecule has 0 aliphatic carbocycles. The van der Waals surface area contributed by atoms with Gasteiger partial charge in [0.15, 0.2) is 0 Å². The van der Waals surface area contributed by atoms with Crippen LogP contribution in [-0.2, 0) is 10.5 Å². The molecule has 0 saturated heterocycles. The molecule has 0 radical (unpaired) electrons. The lowest BCUT2D eigenvalue weighted by molar-refractivity contribution is 0.0698. The molecule has 0 bridgehead atoms. The molecule has 1 rings (SSSR count). The summed E-state index contributed by atoms with van der Waals surface area (Å²) in [5.41, 5.74) is -0.199. The first-order valence-corrected chi connectivity index (χ1v) is 4.28. The van der Waals surface area contributed by atoms with Gasteiger partial charge in [0.1, 0.15) is 0 Å². The fourth-order valence-electron chi connectivity index (χ4n) is 0.814. The van der Waals surface area contributed by atoms with Crippen LogP contribution in [0.25, 0.3) is 0 Å². The average molecular weight is 236 g/mol. The maximum atomic E-state index is 10.5. The van der Waals surface area contributed by atoms with Crippen LogP contribution in [0, 0.1) is 0 Å². The maximum Gasteiger partial charge on any atom is 0.337 e. The van der Waals surface area contributed by atoms with Crippen LogP contribution in [0.15, 0.2) is 28.6 Å². The van der Waals surface area contributed by atoms with E-state index in [0.717, 1.165) is 0 Å². The van der Waals surface area contributed by atoms with Crippen molar-refractivity contribution in [2.45, 2.75) is 0 Å². The Morgan fingerprint density at radius 2 is 1.86 bits per heavy atom. The molecular formula is C7H6ClNO4S. The number of hydrogen-bond donors (Lipinski definition) is 1. The maximum absolute atomic E-state index is 10.5. The normalized spacial score (nSPS) is 8.57. The van der Waals surface area contributed by atoms with Crippen LogP contribution in [0.5, 0.6) is 0 Å². The zero-order chi connectivity index (χ0) is 9.84. The number of carboxylic acids is 1. The lowest BCUT2D eigenvalue weighted by atomic mass is 10.2. The van der Waals surface area contributed by atoms with Crippen LogP contribution in [0.4, 0.5) is 5.69 Å². The molecule has 1 aromatic carbocycles. The summed E-state index contributed by atoms with van der Waals surface area (Å²) in [6.07, 6.45) is 0. The summed E-state index contributed by atoms with van der Waals surface area (Å²) in [6, 6.07) is 5.61. The molecule has 0 aliphatic heterocycles. The van der Waals surface area contributed by atoms with Crippen LogP contribution in [-0.4, -0.2) is 19.5 Å². The molecule has 0 unspecified atom stereocenters. The number of hydrogen-bond acceptors (Lipinski definition) is 4. The van der Waals surface area contributed by atoms with Crippen LogP contribution in [0.3, 0.4) is 0 Å². The van der Waals surface area contributed by atoms with Crippen molar-refractivity contribution in [3.8, 4) is 0 Å². The molecule has 0 aromatic heterocycles. The Kier molecular flexibility index (Phi) is 4.82. The first-order chi connectivity index (χ1) is 6.11. The van der Waals surface area contributed by atoms with E-state index < -0.39 is 16.5 Å². The zero-order valence-corrected chi connectivity index (χ0v) is 8.38. The Morgan fingerprint density at radius 1 is 1.29 bits per heavy atom. The average Bonchev–Trinajstić information content (AvgIpc) is 2.03. The van der Waals surface area contributed by atoms with Gasteiger partial charge in [-0.3, -0.25) is 0 Å². The molecule has 0 atom stereocenters. The third-order valence-electron chi connectivity index (χ3n) is 1.31. The van der Waals surface area contributed by atoms with Gasteiger partial charge in [0.25, 0.3) is 0 Å². The number of carboxylic acid groups (broad SMARTS) is 1. The second kappa shape index (κ2) is 5.36. The van der Waals surface area contributed by atoms with Gasteiger partial charge in [-0.1, -0.05) is 12.1 Å². The van der Waals surface area contributed by atoms with Gasteiger partial charge in [-0.25, -0.2) is 4.79 Å². The van der Waals surface area contributed by atoms with Crippen molar-refractivity contribution in [3.05, 3.63) is 29.8 Å². The van der Waals surface area contributed by atoms with Crippen molar-refractivity contribution in [3.63, 3.8) is 0 Å². The minimum absolute atomic E-state index is 0. The summed E-state index contributed by atoms with van der Waals surface area (Å²) in [4.78, 5) is 10.5. The Morgan fingerprint density at radius 3 is 2.36 bits per heavy atom. The second-order valence-electron chi connectivity index (χ2n) is 2.13. The predicted octanol–water partition coefficient (Wildman–Crippen LogP) is 1.50. The highest BCUT2D eigenvalue weighted by molar-refractivity contribution is 7.61. The quantitative estimate of drug-likeness (QED) is 0.842. The summed E-state index contributed by atoms with van der Waals surface area (Å²) in [6.45, 7) is 0. The zero-order valence-electron chi connectivity index (χ0n) is 6.75. The van der Waals surface area contributed by atoms with Gasteiger partial charge < -0.3 is 5.11 Å². The summed E-state index contributed by atoms with van der Waals surface area (Å²) in [5, 5.41) is 8.62. The molecule has 0 amide bonds. The summed E-state index contributed by atoms with van der Waals surface area (Å²) in [7, 11) is -2.63. The van der Waals surface area contributed by atoms with Crippen molar-refractivity contribution in [1.82, 2.24) is 0 Å². The lowest BCUT2D eigenvalue weighted by Crippen LogP contribution is -1.95. The van der Waals surface area contributed by atoms with Gasteiger partial charge in [-0.15, -0.1) is 16.8 Å². The molecule has 14 heavy (non-hydrogen) atoms. The number of carbonyl (C=O) groups is 1. The van der Waals surface area contributed by atoms with Crippen molar-refractivity contribution < 1.29 is 18.3 Å². The number of aromatic carboxylic acids is 1. The Bertz CT molecular complexity index is 460. The Labute approximate surface area is 87.5 Å². The third kappa shape index (κ3) is 3.15. The lowest BCUT2D eigenvalue weighted by Gasteiger charge is -1.95. The predicted molar refractivity (Wildman–Crippen MR) is 51.7 cm³/mol. The van der Waals surface area contributed by atoms with E-state index in [9.17, 15) is 13.2 Å². The van der Waals surface area contributed by atoms with Crippen molar-refractivity contribution in [2.75, 3.05) is 0 Å². The van der Waals surface area contributed by atoms with Gasteiger partial charge in [0, 0.05) is 0 Å². The minimum Gasteiger partial charge on any atom is -0.478 e. The van der Waals surface area contributed by atoms with E-state index in [2.05, 4.69) is 4.36 Å². The van der Waals surface area contributed by atoms with Gasteiger partial charge in [0.2, 0.25) is 0 Å². The molecule has 7 heteroatoms. The fourth-order valence-corrected chi connectivity index (χ4v) is 1.13. The van der Waals surface area contributed by atoms with Crippen LogP contribution < -0.4 is 0 Å². The molecule has 76 valence electrons. The molecule has 1 aromatic rings. The van der Waals surface area contributed by atoms with Crippen molar-refractivity contribution >= 4 is 34.6 Å². The van der Waals surface area contributed by atoms with E-state index in [4.69, 9.17) is 5.11 Å². The number of halogens is 1. The molecule has 5 nitrogen and oxygen atoms in total. The Balaban J connectivity index is 0.00000169. The minimum atomic E-state index is -2.63. The topological polar surface area (TPSA) is 83.8 Å². The fraction of sp³-hybridized carbons (Fsp3) is 0. The molecule has 1 N–H and O–H groups in total. The Hall–Kier alpha value is -1.40. The number of rotatable bonds is 2. The van der Waals surface area contributed by atoms with Gasteiger partial charge in [-0.05, 0) is 12.1 Å². The van der Waals surface area contributed by atoms with E-state index in [1.807, 2.05) is 0 Å². The molecular weight excluding hydrogens is 230 g/mol. The standard InChI is InChI=1S/C7H5NO4S.ClH/c9-7(10)5-3-1-2-4-6(5)8-13(11)12;/h1-4H,(H,9,10);1H. The third-order valence-corrected chi connectivity index (χ3v) is 1.65. The number of nitrogens with zero attached hydrogens (tertiary/aromatic N) is 1. The van der Waals surface area contributed by atoms with E-state index in [-0.39, 0.29) is 23.7 Å².